The van der Waals surface area contributed by atoms with E-state index in [0.29, 0.717) is 34.9 Å². The Morgan fingerprint density at radius 1 is 1.08 bits per heavy atom. The second-order valence-corrected chi connectivity index (χ2v) is 6.20. The first kappa shape index (κ1) is 15.6. The standard InChI is InChI=1S/C18H19N3O4/c1-24-9-6-7-10(13(8-9)25-2)14-15-11(4-3-5-12(15)22)19-17-16(14)18(23)21-20-17/h6-8,14H,3-5H2,1-2H3,(H3,19,20,21,23)/t14-/m0/s1. The first-order chi connectivity index (χ1) is 12.1. The summed E-state index contributed by atoms with van der Waals surface area (Å²) in [6.07, 6.45) is 2.08. The largest absolute Gasteiger partial charge is 0.497 e. The third-order valence-electron chi connectivity index (χ3n) is 4.88. The number of H-pyrrole nitrogens is 2. The average Bonchev–Trinajstić information content (AvgIpc) is 3.00. The van der Waals surface area contributed by atoms with Crippen molar-refractivity contribution in [1.29, 1.82) is 0 Å². The maximum atomic E-state index is 12.7. The van der Waals surface area contributed by atoms with Crippen LogP contribution in [0.2, 0.25) is 0 Å². The number of aromatic amines is 2. The Hall–Kier alpha value is -2.96. The summed E-state index contributed by atoms with van der Waals surface area (Å²) < 4.78 is 10.8. The number of aromatic nitrogens is 2. The van der Waals surface area contributed by atoms with Crippen molar-refractivity contribution in [2.75, 3.05) is 19.5 Å². The highest BCUT2D eigenvalue weighted by atomic mass is 16.5. The highest BCUT2D eigenvalue weighted by Gasteiger charge is 2.39. The first-order valence-electron chi connectivity index (χ1n) is 8.19. The number of hydrogen-bond acceptors (Lipinski definition) is 5. The van der Waals surface area contributed by atoms with Gasteiger partial charge in [-0.25, -0.2) is 0 Å². The lowest BCUT2D eigenvalue weighted by atomic mass is 9.76. The summed E-state index contributed by atoms with van der Waals surface area (Å²) in [7, 11) is 3.15. The lowest BCUT2D eigenvalue weighted by Gasteiger charge is -2.32. The van der Waals surface area contributed by atoms with Crippen LogP contribution in [0, 0.1) is 0 Å². The Morgan fingerprint density at radius 2 is 1.92 bits per heavy atom. The summed E-state index contributed by atoms with van der Waals surface area (Å²) in [5.74, 6) is 1.46. The van der Waals surface area contributed by atoms with E-state index in [1.165, 1.54) is 0 Å². The van der Waals surface area contributed by atoms with Crippen molar-refractivity contribution in [3.8, 4) is 11.5 Å². The number of ether oxygens (including phenoxy) is 2. The number of carbonyl (C=O) groups excluding carboxylic acids is 1. The van der Waals surface area contributed by atoms with Crippen molar-refractivity contribution in [2.24, 2.45) is 0 Å². The Balaban J connectivity index is 1.97. The summed E-state index contributed by atoms with van der Waals surface area (Å²) in [6.45, 7) is 0. The van der Waals surface area contributed by atoms with Gasteiger partial charge in [0.2, 0.25) is 0 Å². The minimum Gasteiger partial charge on any atom is -0.497 e. The van der Waals surface area contributed by atoms with E-state index in [1.54, 1.807) is 20.3 Å². The smallest absolute Gasteiger partial charge is 0.270 e. The van der Waals surface area contributed by atoms with Gasteiger partial charge in [0.05, 0.1) is 25.7 Å². The zero-order valence-electron chi connectivity index (χ0n) is 14.1. The molecule has 0 unspecified atom stereocenters. The fourth-order valence-electron chi connectivity index (χ4n) is 3.73. The Kier molecular flexibility index (Phi) is 3.63. The highest BCUT2D eigenvalue weighted by Crippen LogP contribution is 2.46. The zero-order chi connectivity index (χ0) is 17.6. The number of rotatable bonds is 3. The molecule has 1 aromatic carbocycles. The normalized spacial score (nSPS) is 19.1. The third kappa shape index (κ3) is 2.34. The number of hydrogen-bond donors (Lipinski definition) is 3. The lowest BCUT2D eigenvalue weighted by molar-refractivity contribution is -0.116. The average molecular weight is 341 g/mol. The van der Waals surface area contributed by atoms with E-state index in [4.69, 9.17) is 9.47 Å². The quantitative estimate of drug-likeness (QED) is 0.796. The van der Waals surface area contributed by atoms with Crippen LogP contribution in [0.25, 0.3) is 0 Å². The van der Waals surface area contributed by atoms with Crippen LogP contribution in [0.3, 0.4) is 0 Å². The van der Waals surface area contributed by atoms with Gasteiger partial charge in [0.1, 0.15) is 17.3 Å². The van der Waals surface area contributed by atoms with Crippen LogP contribution in [0.4, 0.5) is 5.82 Å². The molecule has 0 spiro atoms. The molecule has 0 radical (unpaired) electrons. The number of anilines is 1. The number of benzene rings is 1. The molecule has 2 aliphatic rings. The number of Topliss-reactive ketones (excluding diaryl/α,β-unsaturated/α-hetero) is 1. The Labute approximate surface area is 144 Å². The molecule has 2 aromatic rings. The van der Waals surface area contributed by atoms with Crippen LogP contribution in [-0.2, 0) is 4.79 Å². The van der Waals surface area contributed by atoms with E-state index in [1.807, 2.05) is 12.1 Å². The van der Waals surface area contributed by atoms with E-state index >= 15 is 0 Å². The highest BCUT2D eigenvalue weighted by molar-refractivity contribution is 6.01. The topological polar surface area (TPSA) is 96.2 Å². The number of nitrogens with one attached hydrogen (secondary N) is 3. The molecule has 0 fully saturated rings. The predicted molar refractivity (Wildman–Crippen MR) is 92.3 cm³/mol. The van der Waals surface area contributed by atoms with Crippen LogP contribution in [-0.4, -0.2) is 30.2 Å². The number of carbonyl (C=O) groups is 1. The second-order valence-electron chi connectivity index (χ2n) is 6.20. The van der Waals surface area contributed by atoms with Gasteiger partial charge in [-0.3, -0.25) is 19.8 Å². The van der Waals surface area contributed by atoms with Crippen LogP contribution >= 0.6 is 0 Å². The fourth-order valence-corrected chi connectivity index (χ4v) is 3.73. The Morgan fingerprint density at radius 3 is 2.68 bits per heavy atom. The van der Waals surface area contributed by atoms with Crippen molar-refractivity contribution in [1.82, 2.24) is 10.2 Å². The van der Waals surface area contributed by atoms with Crippen molar-refractivity contribution in [2.45, 2.75) is 25.2 Å². The number of fused-ring (bicyclic) bond motifs is 1. The maximum Gasteiger partial charge on any atom is 0.270 e. The van der Waals surface area contributed by atoms with E-state index in [9.17, 15) is 9.59 Å². The molecule has 7 heteroatoms. The molecule has 1 aliphatic heterocycles. The van der Waals surface area contributed by atoms with Crippen molar-refractivity contribution in [3.63, 3.8) is 0 Å². The van der Waals surface area contributed by atoms with Gasteiger partial charge in [-0.2, -0.15) is 0 Å². The second kappa shape index (κ2) is 5.84. The number of methoxy groups -OCH3 is 2. The van der Waals surface area contributed by atoms with Crippen LogP contribution in [0.15, 0.2) is 34.3 Å². The van der Waals surface area contributed by atoms with Crippen molar-refractivity contribution in [3.05, 3.63) is 50.9 Å². The molecule has 0 saturated heterocycles. The molecule has 7 nitrogen and oxygen atoms in total. The van der Waals surface area contributed by atoms with Gasteiger partial charge in [0, 0.05) is 29.3 Å². The van der Waals surface area contributed by atoms with E-state index in [0.717, 1.165) is 24.1 Å². The van der Waals surface area contributed by atoms with Gasteiger partial charge in [-0.05, 0) is 18.9 Å². The Bertz CT molecular complexity index is 938. The SMILES string of the molecule is COc1ccc([C@H]2C3=C(CCCC3=O)Nc3[nH][nH]c(=O)c32)c(OC)c1. The molecule has 3 N–H and O–H groups in total. The van der Waals surface area contributed by atoms with Gasteiger partial charge in [0.25, 0.3) is 5.56 Å². The molecule has 0 saturated carbocycles. The summed E-state index contributed by atoms with van der Waals surface area (Å²) in [5.41, 5.74) is 2.58. The van der Waals surface area contributed by atoms with E-state index < -0.39 is 5.92 Å². The van der Waals surface area contributed by atoms with Crippen LogP contribution in [0.5, 0.6) is 11.5 Å². The lowest BCUT2D eigenvalue weighted by Crippen LogP contribution is -2.29. The maximum absolute atomic E-state index is 12.7. The number of allylic oxidation sites excluding steroid dienone is 2. The molecule has 4 rings (SSSR count). The molecular formula is C18H19N3O4. The molecule has 25 heavy (non-hydrogen) atoms. The summed E-state index contributed by atoms with van der Waals surface area (Å²) in [6, 6.07) is 5.44. The van der Waals surface area contributed by atoms with Gasteiger partial charge in [0.15, 0.2) is 5.78 Å². The molecule has 0 bridgehead atoms. The van der Waals surface area contributed by atoms with E-state index in [-0.39, 0.29) is 11.3 Å². The summed E-state index contributed by atoms with van der Waals surface area (Å²) >= 11 is 0. The molecule has 1 atom stereocenters. The van der Waals surface area contributed by atoms with E-state index in [2.05, 4.69) is 15.5 Å². The predicted octanol–water partition coefficient (Wildman–Crippen LogP) is 2.28. The molecule has 130 valence electrons. The zero-order valence-corrected chi connectivity index (χ0v) is 14.1. The molecule has 1 aliphatic carbocycles. The summed E-state index contributed by atoms with van der Waals surface area (Å²) in [5, 5.41) is 8.71. The van der Waals surface area contributed by atoms with Gasteiger partial charge >= 0.3 is 0 Å². The van der Waals surface area contributed by atoms with Crippen molar-refractivity contribution >= 4 is 11.6 Å². The molecule has 1 aromatic heterocycles. The monoisotopic (exact) mass is 341 g/mol. The first-order valence-corrected chi connectivity index (χ1v) is 8.19. The van der Waals surface area contributed by atoms with Gasteiger partial charge in [-0.1, -0.05) is 6.07 Å². The minimum absolute atomic E-state index is 0.0721. The third-order valence-corrected chi connectivity index (χ3v) is 4.88. The molecule has 0 amide bonds. The van der Waals surface area contributed by atoms with Crippen LogP contribution < -0.4 is 20.3 Å². The van der Waals surface area contributed by atoms with Gasteiger partial charge < -0.3 is 14.8 Å². The summed E-state index contributed by atoms with van der Waals surface area (Å²) in [4.78, 5) is 25.1. The van der Waals surface area contributed by atoms with Crippen molar-refractivity contribution < 1.29 is 14.3 Å². The fraction of sp³-hybridized carbons (Fsp3) is 0.333. The molecular weight excluding hydrogens is 322 g/mol. The van der Waals surface area contributed by atoms with Gasteiger partial charge in [-0.15, -0.1) is 0 Å². The minimum atomic E-state index is -0.463. The van der Waals surface area contributed by atoms with Crippen LogP contribution in [0.1, 0.15) is 36.3 Å². The number of ketones is 1. The molecule has 2 heterocycles.